The highest BCUT2D eigenvalue weighted by molar-refractivity contribution is 5.93. The van der Waals surface area contributed by atoms with E-state index >= 15 is 0 Å². The number of nitrogens with zero attached hydrogens (tertiary/aromatic N) is 1. The number of aliphatic hydroxyl groups excluding tert-OH is 2. The summed E-state index contributed by atoms with van der Waals surface area (Å²) in [6.07, 6.45) is 1.52. The van der Waals surface area contributed by atoms with Crippen LogP contribution in [0.15, 0.2) is 10.8 Å². The summed E-state index contributed by atoms with van der Waals surface area (Å²) in [5.74, 6) is 0.0581. The topological polar surface area (TPSA) is 95.6 Å². The van der Waals surface area contributed by atoms with Gasteiger partial charge >= 0.3 is 0 Å². The van der Waals surface area contributed by atoms with Crippen LogP contribution < -0.4 is 5.32 Å². The van der Waals surface area contributed by atoms with Crippen molar-refractivity contribution < 1.29 is 19.4 Å². The second-order valence-electron chi connectivity index (χ2n) is 4.33. The fourth-order valence-electron chi connectivity index (χ4n) is 2.07. The Morgan fingerprint density at radius 3 is 2.94 bits per heavy atom. The van der Waals surface area contributed by atoms with Crippen LogP contribution in [0.4, 0.5) is 0 Å². The average Bonchev–Trinajstić information content (AvgIpc) is 2.71. The molecule has 0 saturated heterocycles. The first-order valence-electron chi connectivity index (χ1n) is 5.66. The van der Waals surface area contributed by atoms with E-state index in [1.54, 1.807) is 6.92 Å². The molecule has 0 aromatic carbocycles. The van der Waals surface area contributed by atoms with Gasteiger partial charge in [0.25, 0.3) is 5.91 Å². The van der Waals surface area contributed by atoms with Crippen molar-refractivity contribution in [2.24, 2.45) is 0 Å². The van der Waals surface area contributed by atoms with Crippen molar-refractivity contribution in [3.05, 3.63) is 17.8 Å². The zero-order chi connectivity index (χ0) is 12.4. The first-order valence-corrected chi connectivity index (χ1v) is 5.66. The van der Waals surface area contributed by atoms with Gasteiger partial charge < -0.3 is 19.9 Å². The Morgan fingerprint density at radius 2 is 2.29 bits per heavy atom. The van der Waals surface area contributed by atoms with Crippen LogP contribution in [0.5, 0.6) is 0 Å². The molecule has 0 unspecified atom stereocenters. The van der Waals surface area contributed by atoms with Crippen molar-refractivity contribution in [3.8, 4) is 0 Å². The minimum atomic E-state index is -0.917. The Bertz CT molecular complexity index is 404. The molecule has 17 heavy (non-hydrogen) atoms. The van der Waals surface area contributed by atoms with Crippen molar-refractivity contribution in [2.45, 2.75) is 44.4 Å². The average molecular weight is 240 g/mol. The molecule has 0 spiro atoms. The predicted molar refractivity (Wildman–Crippen MR) is 58.4 cm³/mol. The van der Waals surface area contributed by atoms with Crippen LogP contribution in [0.1, 0.15) is 35.5 Å². The van der Waals surface area contributed by atoms with E-state index in [2.05, 4.69) is 10.3 Å². The second-order valence-corrected chi connectivity index (χ2v) is 4.33. The fraction of sp³-hybridized carbons (Fsp3) is 0.636. The molecule has 3 atom stereocenters. The van der Waals surface area contributed by atoms with E-state index in [1.165, 1.54) is 6.39 Å². The van der Waals surface area contributed by atoms with Crippen molar-refractivity contribution in [3.63, 3.8) is 0 Å². The van der Waals surface area contributed by atoms with Gasteiger partial charge in [-0.25, -0.2) is 4.98 Å². The molecule has 3 N–H and O–H groups in total. The number of oxazole rings is 1. The molecular weight excluding hydrogens is 224 g/mol. The lowest BCUT2D eigenvalue weighted by molar-refractivity contribution is -0.0278. The Hall–Kier alpha value is -1.40. The number of aryl methyl sites for hydroxylation is 1. The largest absolute Gasteiger partial charge is 0.448 e. The summed E-state index contributed by atoms with van der Waals surface area (Å²) in [5, 5.41) is 21.9. The van der Waals surface area contributed by atoms with E-state index in [-0.39, 0.29) is 11.6 Å². The maximum absolute atomic E-state index is 11.8. The Kier molecular flexibility index (Phi) is 3.44. The third-order valence-electron chi connectivity index (χ3n) is 3.10. The van der Waals surface area contributed by atoms with Crippen LogP contribution in [0.3, 0.4) is 0 Å². The van der Waals surface area contributed by atoms with Gasteiger partial charge in [-0.15, -0.1) is 0 Å². The molecule has 6 heteroatoms. The zero-order valence-corrected chi connectivity index (χ0v) is 9.59. The molecule has 1 saturated carbocycles. The lowest BCUT2D eigenvalue weighted by Crippen LogP contribution is -2.51. The molecule has 94 valence electrons. The summed E-state index contributed by atoms with van der Waals surface area (Å²) >= 11 is 0. The predicted octanol–water partition coefficient (Wildman–Crippen LogP) is -0.0129. The molecule has 0 bridgehead atoms. The molecule has 6 nitrogen and oxygen atoms in total. The fourth-order valence-corrected chi connectivity index (χ4v) is 2.07. The standard InChI is InChI=1S/C11H16N2O4/c1-6-9(12-5-17-6)11(16)13-7-3-2-4-8(14)10(7)15/h5,7-8,10,14-15H,2-4H2,1H3,(H,13,16)/t7-,8-,10-/m1/s1. The first-order chi connectivity index (χ1) is 8.09. The second kappa shape index (κ2) is 4.85. The van der Waals surface area contributed by atoms with Gasteiger partial charge in [-0.1, -0.05) is 0 Å². The molecule has 2 rings (SSSR count). The monoisotopic (exact) mass is 240 g/mol. The summed E-state index contributed by atoms with van der Waals surface area (Å²) in [4.78, 5) is 15.6. The van der Waals surface area contributed by atoms with Gasteiger partial charge in [-0.3, -0.25) is 4.79 Å². The van der Waals surface area contributed by atoms with Gasteiger partial charge in [0, 0.05) is 0 Å². The van der Waals surface area contributed by atoms with E-state index in [0.717, 1.165) is 6.42 Å². The van der Waals surface area contributed by atoms with Crippen LogP contribution in [-0.2, 0) is 0 Å². The number of rotatable bonds is 2. The van der Waals surface area contributed by atoms with Crippen molar-refractivity contribution in [1.82, 2.24) is 10.3 Å². The van der Waals surface area contributed by atoms with Gasteiger partial charge in [0.2, 0.25) is 0 Å². The summed E-state index contributed by atoms with van der Waals surface area (Å²) in [6, 6.07) is -0.428. The number of aromatic nitrogens is 1. The molecule has 1 heterocycles. The number of amides is 1. The maximum Gasteiger partial charge on any atom is 0.273 e. The van der Waals surface area contributed by atoms with E-state index in [9.17, 15) is 15.0 Å². The third-order valence-corrected chi connectivity index (χ3v) is 3.10. The normalized spacial score (nSPS) is 29.0. The van der Waals surface area contributed by atoms with Crippen molar-refractivity contribution in [1.29, 1.82) is 0 Å². The smallest absolute Gasteiger partial charge is 0.273 e. The van der Waals surface area contributed by atoms with Gasteiger partial charge in [0.1, 0.15) is 5.76 Å². The van der Waals surface area contributed by atoms with E-state index in [4.69, 9.17) is 4.42 Å². The number of nitrogens with one attached hydrogen (secondary N) is 1. The van der Waals surface area contributed by atoms with Crippen molar-refractivity contribution >= 4 is 5.91 Å². The lowest BCUT2D eigenvalue weighted by atomic mass is 9.90. The Balaban J connectivity index is 2.01. The SMILES string of the molecule is Cc1ocnc1C(=O)N[C@@H]1CCC[C@@H](O)[C@@H]1O. The quantitative estimate of drug-likeness (QED) is 0.675. The molecule has 1 amide bonds. The minimum Gasteiger partial charge on any atom is -0.448 e. The molecule has 1 fully saturated rings. The highest BCUT2D eigenvalue weighted by atomic mass is 16.3. The molecular formula is C11H16N2O4. The van der Waals surface area contributed by atoms with Gasteiger partial charge in [-0.05, 0) is 26.2 Å². The zero-order valence-electron chi connectivity index (χ0n) is 9.59. The number of aliphatic hydroxyl groups is 2. The summed E-state index contributed by atoms with van der Waals surface area (Å²) < 4.78 is 4.94. The van der Waals surface area contributed by atoms with Crippen LogP contribution in [0.2, 0.25) is 0 Å². The first kappa shape index (κ1) is 12.1. The van der Waals surface area contributed by atoms with Crippen LogP contribution in [0.25, 0.3) is 0 Å². The molecule has 0 aliphatic heterocycles. The van der Waals surface area contributed by atoms with Gasteiger partial charge in [0.15, 0.2) is 12.1 Å². The Morgan fingerprint density at radius 1 is 1.53 bits per heavy atom. The van der Waals surface area contributed by atoms with Crippen LogP contribution in [0, 0.1) is 6.92 Å². The molecule has 1 aromatic rings. The molecule has 1 aliphatic carbocycles. The number of carbonyl (C=O) groups excluding carboxylic acids is 1. The number of hydrogen-bond donors (Lipinski definition) is 3. The van der Waals surface area contributed by atoms with E-state index < -0.39 is 18.2 Å². The van der Waals surface area contributed by atoms with Crippen LogP contribution >= 0.6 is 0 Å². The molecule has 0 radical (unpaired) electrons. The van der Waals surface area contributed by atoms with E-state index in [0.29, 0.717) is 18.6 Å². The van der Waals surface area contributed by atoms with Crippen LogP contribution in [-0.4, -0.2) is 39.4 Å². The number of carbonyl (C=O) groups is 1. The number of hydrogen-bond acceptors (Lipinski definition) is 5. The summed E-state index contributed by atoms with van der Waals surface area (Å²) in [7, 11) is 0. The third kappa shape index (κ3) is 2.48. The maximum atomic E-state index is 11.8. The molecule has 1 aliphatic rings. The highest BCUT2D eigenvalue weighted by Gasteiger charge is 2.32. The molecule has 1 aromatic heterocycles. The van der Waals surface area contributed by atoms with E-state index in [1.807, 2.05) is 0 Å². The Labute approximate surface area is 98.7 Å². The van der Waals surface area contributed by atoms with Crippen molar-refractivity contribution in [2.75, 3.05) is 0 Å². The summed E-state index contributed by atoms with van der Waals surface area (Å²) in [6.45, 7) is 1.65. The van der Waals surface area contributed by atoms with Gasteiger partial charge in [-0.2, -0.15) is 0 Å². The summed E-state index contributed by atoms with van der Waals surface area (Å²) in [5.41, 5.74) is 0.220. The highest BCUT2D eigenvalue weighted by Crippen LogP contribution is 2.19. The lowest BCUT2D eigenvalue weighted by Gasteiger charge is -2.32. The van der Waals surface area contributed by atoms with Gasteiger partial charge in [0.05, 0.1) is 18.2 Å². The minimum absolute atomic E-state index is 0.220.